The number of pyridine rings is 2. The highest BCUT2D eigenvalue weighted by atomic mass is 19.3. The number of piperidine rings is 1. The van der Waals surface area contributed by atoms with Gasteiger partial charge in [-0.1, -0.05) is 31.1 Å². The Morgan fingerprint density at radius 1 is 1.17 bits per heavy atom. The molecule has 1 saturated heterocycles. The molecule has 2 aromatic heterocycles. The molecule has 42 heavy (non-hydrogen) atoms. The molecule has 3 aliphatic rings. The molecule has 5 rings (SSSR count). The Kier molecular flexibility index (Phi) is 8.94. The van der Waals surface area contributed by atoms with Gasteiger partial charge < -0.3 is 9.53 Å². The fraction of sp³-hybridized carbons (Fsp3) is 0.531. The van der Waals surface area contributed by atoms with E-state index in [2.05, 4.69) is 14.9 Å². The van der Waals surface area contributed by atoms with Gasteiger partial charge in [-0.15, -0.1) is 0 Å². The molecule has 0 N–H and O–H groups in total. The first-order chi connectivity index (χ1) is 20.0. The van der Waals surface area contributed by atoms with E-state index in [4.69, 9.17) is 4.74 Å². The molecule has 2 aliphatic heterocycles. The highest BCUT2D eigenvalue weighted by Gasteiger charge is 2.47. The summed E-state index contributed by atoms with van der Waals surface area (Å²) in [6.07, 6.45) is 5.23. The highest BCUT2D eigenvalue weighted by Crippen LogP contribution is 2.47. The quantitative estimate of drug-likeness (QED) is 0.273. The zero-order chi connectivity index (χ0) is 30.1. The lowest BCUT2D eigenvalue weighted by molar-refractivity contribution is -0.119. The van der Waals surface area contributed by atoms with Crippen molar-refractivity contribution in [3.8, 4) is 0 Å². The molecule has 5 nitrogen and oxygen atoms in total. The van der Waals surface area contributed by atoms with E-state index in [1.165, 1.54) is 19.2 Å². The first-order valence-electron chi connectivity index (χ1n) is 14.5. The van der Waals surface area contributed by atoms with E-state index in [1.807, 2.05) is 0 Å². The Bertz CT molecular complexity index is 1350. The predicted octanol–water partition coefficient (Wildman–Crippen LogP) is 7.27. The van der Waals surface area contributed by atoms with Crippen LogP contribution in [0.4, 0.5) is 22.0 Å². The van der Waals surface area contributed by atoms with E-state index in [9.17, 15) is 18.0 Å². The number of hydrogen-bond donors (Lipinski definition) is 0. The minimum atomic E-state index is -3.33. The van der Waals surface area contributed by atoms with Crippen molar-refractivity contribution in [2.24, 2.45) is 5.92 Å². The average molecular weight is 590 g/mol. The van der Waals surface area contributed by atoms with Gasteiger partial charge >= 0.3 is 0 Å². The number of carbonyl (C=O) groups excluding carboxylic acids is 1. The van der Waals surface area contributed by atoms with E-state index in [0.717, 1.165) is 17.2 Å². The second kappa shape index (κ2) is 12.3. The number of hydrogen-bond acceptors (Lipinski definition) is 5. The van der Waals surface area contributed by atoms with Gasteiger partial charge in [0.2, 0.25) is 0 Å². The minimum Gasteiger partial charge on any atom is -0.365 e. The van der Waals surface area contributed by atoms with Gasteiger partial charge in [0.15, 0.2) is 6.17 Å². The number of fused-ring (bicyclic) bond motifs is 2. The standard InChI is InChI=1S/C32H36F5N3O2/c1-3-23(12-20(2)41)30(32(36,37)14-21-4-6-26(33)27(34)13-21)29-7-5-22(15-39-29)18-40-10-8-31(9-11-40)25-16-38-17-28(35)24(25)19-42-31/h4-7,15-17,23,27,30H,3,8-14,18-19H2,1-2H3/t23?,27?,30-/m1/s1. The average Bonchev–Trinajstić information content (AvgIpc) is 3.31. The zero-order valence-corrected chi connectivity index (χ0v) is 23.9. The maximum atomic E-state index is 15.9. The van der Waals surface area contributed by atoms with Crippen molar-refractivity contribution in [3.05, 3.63) is 82.5 Å². The van der Waals surface area contributed by atoms with Crippen LogP contribution in [0.15, 0.2) is 54.3 Å². The molecule has 0 amide bonds. The minimum absolute atomic E-state index is 0.0281. The van der Waals surface area contributed by atoms with Gasteiger partial charge in [0.25, 0.3) is 5.92 Å². The molecule has 0 saturated carbocycles. The number of ether oxygens (including phenoxy) is 1. The van der Waals surface area contributed by atoms with E-state index in [0.29, 0.717) is 44.5 Å². The summed E-state index contributed by atoms with van der Waals surface area (Å²) in [5.41, 5.74) is 2.02. The fourth-order valence-electron chi connectivity index (χ4n) is 6.66. The monoisotopic (exact) mass is 589 g/mol. The highest BCUT2D eigenvalue weighted by molar-refractivity contribution is 5.75. The molecule has 3 atom stereocenters. The van der Waals surface area contributed by atoms with Gasteiger partial charge in [-0.05, 0) is 43.4 Å². The number of Topliss-reactive ketones (excluding diaryl/α,β-unsaturated/α-hetero) is 1. The lowest BCUT2D eigenvalue weighted by Gasteiger charge is -2.39. The molecule has 10 heteroatoms. The maximum Gasteiger partial charge on any atom is 0.260 e. The van der Waals surface area contributed by atoms with Crippen LogP contribution in [0.25, 0.3) is 0 Å². The van der Waals surface area contributed by atoms with Gasteiger partial charge in [-0.2, -0.15) is 0 Å². The van der Waals surface area contributed by atoms with Gasteiger partial charge in [-0.3, -0.25) is 14.9 Å². The van der Waals surface area contributed by atoms with Crippen LogP contribution in [-0.2, 0) is 28.3 Å². The number of allylic oxidation sites excluding steroid dienone is 4. The molecule has 0 radical (unpaired) electrons. The molecule has 1 fully saturated rings. The molecule has 1 aliphatic carbocycles. The molecule has 226 valence electrons. The third kappa shape index (κ3) is 6.34. The van der Waals surface area contributed by atoms with Crippen LogP contribution >= 0.6 is 0 Å². The molecule has 0 aromatic carbocycles. The molecule has 4 heterocycles. The fourth-order valence-corrected chi connectivity index (χ4v) is 6.66. The molecule has 1 spiro atoms. The van der Waals surface area contributed by atoms with Gasteiger partial charge in [0, 0.05) is 68.1 Å². The van der Waals surface area contributed by atoms with Crippen molar-refractivity contribution in [1.82, 2.24) is 14.9 Å². The Hall–Kier alpha value is -2.98. The van der Waals surface area contributed by atoms with Crippen molar-refractivity contribution in [2.75, 3.05) is 13.1 Å². The van der Waals surface area contributed by atoms with Crippen molar-refractivity contribution in [2.45, 2.75) is 89.1 Å². The smallest absolute Gasteiger partial charge is 0.260 e. The van der Waals surface area contributed by atoms with Crippen LogP contribution in [-0.4, -0.2) is 45.8 Å². The van der Waals surface area contributed by atoms with Gasteiger partial charge in [0.1, 0.15) is 17.4 Å². The summed E-state index contributed by atoms with van der Waals surface area (Å²) in [6.45, 7) is 5.35. The molecule has 2 unspecified atom stereocenters. The van der Waals surface area contributed by atoms with Crippen LogP contribution in [0, 0.1) is 11.7 Å². The molecule has 2 aromatic rings. The van der Waals surface area contributed by atoms with E-state index in [-0.39, 0.29) is 35.9 Å². The van der Waals surface area contributed by atoms with Crippen LogP contribution in [0.3, 0.4) is 0 Å². The molecular formula is C32H36F5N3O2. The SMILES string of the molecule is CCC(CC(C)=O)[C@H](c1ccc(CN2CCC3(CC2)OCc2c(F)cncc23)cn1)C(F)(F)CC1=CC=C(F)C(F)C1. The Labute approximate surface area is 242 Å². The number of carbonyl (C=O) groups is 1. The van der Waals surface area contributed by atoms with Crippen LogP contribution in [0.5, 0.6) is 0 Å². The Balaban J connectivity index is 1.29. The number of halogens is 5. The normalized spacial score (nSPS) is 21.9. The van der Waals surface area contributed by atoms with Gasteiger partial charge in [-0.25, -0.2) is 22.0 Å². The lowest BCUT2D eigenvalue weighted by Crippen LogP contribution is -2.42. The summed E-state index contributed by atoms with van der Waals surface area (Å²) in [4.78, 5) is 22.7. The van der Waals surface area contributed by atoms with Crippen LogP contribution < -0.4 is 0 Å². The largest absolute Gasteiger partial charge is 0.365 e. The zero-order valence-electron chi connectivity index (χ0n) is 23.9. The summed E-state index contributed by atoms with van der Waals surface area (Å²) >= 11 is 0. The van der Waals surface area contributed by atoms with Crippen molar-refractivity contribution in [1.29, 1.82) is 0 Å². The van der Waals surface area contributed by atoms with Crippen LogP contribution in [0.1, 0.15) is 80.7 Å². The van der Waals surface area contributed by atoms with Crippen molar-refractivity contribution in [3.63, 3.8) is 0 Å². The third-order valence-corrected chi connectivity index (χ3v) is 8.91. The Morgan fingerprint density at radius 3 is 2.57 bits per heavy atom. The van der Waals surface area contributed by atoms with Crippen molar-refractivity contribution < 1.29 is 31.5 Å². The summed E-state index contributed by atoms with van der Waals surface area (Å²) < 4.78 is 79.5. The number of alkyl halides is 3. The van der Waals surface area contributed by atoms with Crippen LogP contribution in [0.2, 0.25) is 0 Å². The predicted molar refractivity (Wildman–Crippen MR) is 148 cm³/mol. The number of aromatic nitrogens is 2. The van der Waals surface area contributed by atoms with Gasteiger partial charge in [0.05, 0.1) is 24.3 Å². The van der Waals surface area contributed by atoms with Crippen molar-refractivity contribution >= 4 is 5.78 Å². The third-order valence-electron chi connectivity index (χ3n) is 8.91. The maximum absolute atomic E-state index is 15.9. The number of ketones is 1. The first kappa shape index (κ1) is 30.5. The second-order valence-corrected chi connectivity index (χ2v) is 11.8. The topological polar surface area (TPSA) is 55.3 Å². The summed E-state index contributed by atoms with van der Waals surface area (Å²) in [5, 5.41) is 0. The van der Waals surface area contributed by atoms with E-state index < -0.39 is 48.2 Å². The summed E-state index contributed by atoms with van der Waals surface area (Å²) in [7, 11) is 0. The summed E-state index contributed by atoms with van der Waals surface area (Å²) in [5.74, 6) is -6.86. The second-order valence-electron chi connectivity index (χ2n) is 11.8. The number of likely N-dealkylation sites (tertiary alicyclic amines) is 1. The molecular weight excluding hydrogens is 553 g/mol. The van der Waals surface area contributed by atoms with E-state index >= 15 is 8.78 Å². The number of nitrogens with zero attached hydrogens (tertiary/aromatic N) is 3. The lowest BCUT2D eigenvalue weighted by atomic mass is 9.77. The Morgan fingerprint density at radius 2 is 1.93 bits per heavy atom. The van der Waals surface area contributed by atoms with E-state index in [1.54, 1.807) is 31.5 Å². The first-order valence-corrected chi connectivity index (χ1v) is 14.5. The summed E-state index contributed by atoms with van der Waals surface area (Å²) in [6, 6.07) is 3.38. The number of rotatable bonds is 10. The molecule has 0 bridgehead atoms.